The van der Waals surface area contributed by atoms with Crippen molar-refractivity contribution in [3.63, 3.8) is 0 Å². The molecule has 13 rings (SSSR count). The number of fused-ring (bicyclic) bond motifs is 4. The van der Waals surface area contributed by atoms with Crippen LogP contribution in [0.15, 0.2) is 224 Å². The molecule has 1 aromatic heterocycles. The van der Waals surface area contributed by atoms with Crippen molar-refractivity contribution < 1.29 is 4.74 Å². The first-order valence-corrected chi connectivity index (χ1v) is 25.1. The van der Waals surface area contributed by atoms with Crippen LogP contribution in [0.4, 0.5) is 0 Å². The van der Waals surface area contributed by atoms with Gasteiger partial charge in [0.05, 0.1) is 5.41 Å². The van der Waals surface area contributed by atoms with Crippen LogP contribution < -0.4 is 4.74 Å². The molecule has 1 saturated carbocycles. The Morgan fingerprint density at radius 3 is 1.81 bits per heavy atom. The van der Waals surface area contributed by atoms with Gasteiger partial charge in [-0.3, -0.25) is 0 Å². The minimum absolute atomic E-state index is 0. The van der Waals surface area contributed by atoms with Crippen LogP contribution in [-0.4, -0.2) is 20.6 Å². The van der Waals surface area contributed by atoms with Crippen LogP contribution in [-0.2, 0) is 22.7 Å². The molecule has 0 N–H and O–H groups in total. The third-order valence-corrected chi connectivity index (χ3v) is 15.9. The molecule has 0 spiro atoms. The maximum absolute atomic E-state index is 6.96. The molecule has 0 saturated heterocycles. The van der Waals surface area contributed by atoms with Gasteiger partial charge in [0.15, 0.2) is 11.6 Å². The Balaban J connectivity index is 0.000000289. The van der Waals surface area contributed by atoms with E-state index in [4.69, 9.17) is 19.7 Å². The highest BCUT2D eigenvalue weighted by Gasteiger charge is 2.75. The van der Waals surface area contributed by atoms with E-state index in [0.717, 1.165) is 36.1 Å². The van der Waals surface area contributed by atoms with Crippen LogP contribution in [0.3, 0.4) is 0 Å². The van der Waals surface area contributed by atoms with Crippen molar-refractivity contribution >= 4 is 5.57 Å². The molecule has 9 aromatic rings. The fourth-order valence-corrected chi connectivity index (χ4v) is 12.5. The van der Waals surface area contributed by atoms with Crippen LogP contribution in [0.2, 0.25) is 0 Å². The number of hydrogen-bond donors (Lipinski definition) is 0. The highest BCUT2D eigenvalue weighted by atomic mass is 16.5. The summed E-state index contributed by atoms with van der Waals surface area (Å²) in [7, 11) is 0. The Labute approximate surface area is 433 Å². The topological polar surface area (TPSA) is 47.9 Å². The maximum Gasteiger partial charge on any atom is 0.164 e. The van der Waals surface area contributed by atoms with E-state index in [1.165, 1.54) is 72.3 Å². The quantitative estimate of drug-likeness (QED) is 0.142. The zero-order chi connectivity index (χ0) is 48.4. The zero-order valence-electron chi connectivity index (χ0n) is 41.2. The van der Waals surface area contributed by atoms with E-state index in [1.54, 1.807) is 0 Å². The zero-order valence-corrected chi connectivity index (χ0v) is 41.2. The lowest BCUT2D eigenvalue weighted by Crippen LogP contribution is -2.32. The molecule has 73 heavy (non-hydrogen) atoms. The minimum Gasteiger partial charge on any atom is -0.482 e. The Morgan fingerprint density at radius 2 is 1.10 bits per heavy atom. The number of aromatic nitrogens is 3. The maximum atomic E-state index is 6.96. The lowest BCUT2D eigenvalue weighted by molar-refractivity contribution is 0.229. The molecule has 0 bridgehead atoms. The van der Waals surface area contributed by atoms with Gasteiger partial charge < -0.3 is 4.74 Å². The summed E-state index contributed by atoms with van der Waals surface area (Å²) in [5.41, 5.74) is 18.5. The SMILES string of the molecule is C.C.CC1=C(c2cccc(C(Cc3ccccc3)(c3ccccc3)c3ccccc3)c2)C=CC23CC2(C1)c1c(cccc1-c1nc(C)nc(-c2ccccc2)n1)O3.Cc1cccc2c1-c1ccccc1C2(C)C. The van der Waals surface area contributed by atoms with Gasteiger partial charge >= 0.3 is 0 Å². The summed E-state index contributed by atoms with van der Waals surface area (Å²) in [5.74, 6) is 3.02. The molecular weight excluding hydrogens is 887 g/mol. The average molecular weight is 952 g/mol. The van der Waals surface area contributed by atoms with Crippen LogP contribution >= 0.6 is 0 Å². The first-order valence-electron chi connectivity index (χ1n) is 25.1. The number of aryl methyl sites for hydroxylation is 2. The summed E-state index contributed by atoms with van der Waals surface area (Å²) in [4.78, 5) is 14.7. The second kappa shape index (κ2) is 18.9. The van der Waals surface area contributed by atoms with Gasteiger partial charge in [-0.15, -0.1) is 0 Å². The predicted octanol–water partition coefficient (Wildman–Crippen LogP) is 16.9. The number of allylic oxidation sites excluding steroid dienone is 3. The fraction of sp³-hybridized carbons (Fsp3) is 0.203. The fourth-order valence-electron chi connectivity index (χ4n) is 12.5. The number of rotatable bonds is 8. The summed E-state index contributed by atoms with van der Waals surface area (Å²) < 4.78 is 6.96. The van der Waals surface area contributed by atoms with Crippen molar-refractivity contribution in [3.05, 3.63) is 280 Å². The largest absolute Gasteiger partial charge is 0.482 e. The van der Waals surface area contributed by atoms with Crippen LogP contribution in [0.1, 0.15) is 104 Å². The lowest BCUT2D eigenvalue weighted by atomic mass is 9.65. The van der Waals surface area contributed by atoms with Gasteiger partial charge in [-0.1, -0.05) is 234 Å². The van der Waals surface area contributed by atoms with Gasteiger partial charge in [-0.2, -0.15) is 0 Å². The number of hydrogen-bond acceptors (Lipinski definition) is 4. The van der Waals surface area contributed by atoms with Crippen LogP contribution in [0.5, 0.6) is 5.75 Å². The molecule has 4 nitrogen and oxygen atoms in total. The molecule has 4 aliphatic rings. The summed E-state index contributed by atoms with van der Waals surface area (Å²) in [6.07, 6.45) is 7.32. The molecule has 362 valence electrons. The van der Waals surface area contributed by atoms with Gasteiger partial charge in [-0.25, -0.2) is 15.0 Å². The highest BCUT2D eigenvalue weighted by molar-refractivity contribution is 5.84. The van der Waals surface area contributed by atoms with E-state index in [1.807, 2.05) is 37.3 Å². The minimum atomic E-state index is -0.406. The van der Waals surface area contributed by atoms with E-state index in [9.17, 15) is 0 Å². The molecule has 4 heteroatoms. The van der Waals surface area contributed by atoms with Gasteiger partial charge in [0.2, 0.25) is 0 Å². The first-order chi connectivity index (χ1) is 34.6. The van der Waals surface area contributed by atoms with E-state index in [0.29, 0.717) is 17.5 Å². The van der Waals surface area contributed by atoms with Crippen molar-refractivity contribution in [3.8, 4) is 39.7 Å². The van der Waals surface area contributed by atoms with E-state index >= 15 is 0 Å². The molecular formula is C69H65N3O. The number of ether oxygens (including phenoxy) is 1. The Bertz CT molecular complexity index is 3500. The number of benzene rings is 8. The number of nitrogens with zero attached hydrogens (tertiary/aromatic N) is 3. The van der Waals surface area contributed by atoms with Gasteiger partial charge in [0.1, 0.15) is 17.2 Å². The molecule has 1 aliphatic heterocycles. The monoisotopic (exact) mass is 952 g/mol. The van der Waals surface area contributed by atoms with Crippen LogP contribution in [0.25, 0.3) is 39.5 Å². The molecule has 2 atom stereocenters. The van der Waals surface area contributed by atoms with Gasteiger partial charge in [0, 0.05) is 33.9 Å². The third-order valence-electron chi connectivity index (χ3n) is 15.9. The molecule has 3 aliphatic carbocycles. The van der Waals surface area contributed by atoms with E-state index in [-0.39, 0.29) is 25.7 Å². The Kier molecular flexibility index (Phi) is 12.6. The summed E-state index contributed by atoms with van der Waals surface area (Å²) in [6.45, 7) is 11.1. The average Bonchev–Trinajstić information content (AvgIpc) is 3.92. The van der Waals surface area contributed by atoms with Crippen molar-refractivity contribution in [1.29, 1.82) is 0 Å². The first kappa shape index (κ1) is 48.7. The van der Waals surface area contributed by atoms with Gasteiger partial charge in [-0.05, 0) is 113 Å². The smallest absolute Gasteiger partial charge is 0.164 e. The second-order valence-electron chi connectivity index (χ2n) is 20.6. The summed E-state index contributed by atoms with van der Waals surface area (Å²) >= 11 is 0. The standard InChI is InChI=1S/C51H41N3O.C16H16.2CH4/c1-35-32-49-34-50(49,55-45-28-16-27-44(46(45)49)48-53-36(2)52-47(54-48)38-19-9-4-10-20-38)30-29-43(35)39-21-15-26-42(31-39)51(40-22-11-5-12-23-40,41-24-13-6-14-25-41)33-37-17-7-3-8-18-37;1-11-7-6-10-14-15(11)12-8-4-5-9-13(12)16(14,2)3;;/h3-31H,32-34H2,1-2H3;4-10H,1-3H3;2*1H4. The van der Waals surface area contributed by atoms with Crippen LogP contribution in [0, 0.1) is 13.8 Å². The second-order valence-corrected chi connectivity index (χ2v) is 20.6. The summed E-state index contributed by atoms with van der Waals surface area (Å²) in [5, 5.41) is 0. The lowest BCUT2D eigenvalue weighted by Gasteiger charge is -2.37. The van der Waals surface area contributed by atoms with Gasteiger partial charge in [0.25, 0.3) is 0 Å². The van der Waals surface area contributed by atoms with Crippen molar-refractivity contribution in [2.45, 2.75) is 90.6 Å². The third kappa shape index (κ3) is 8.05. The molecule has 8 aromatic carbocycles. The normalized spacial score (nSPS) is 18.2. The molecule has 0 amide bonds. The Morgan fingerprint density at radius 1 is 0.534 bits per heavy atom. The van der Waals surface area contributed by atoms with Crippen molar-refractivity contribution in [2.75, 3.05) is 0 Å². The Hall–Kier alpha value is -7.95. The molecule has 2 unspecified atom stereocenters. The molecule has 1 fully saturated rings. The molecule has 0 radical (unpaired) electrons. The van der Waals surface area contributed by atoms with Crippen molar-refractivity contribution in [2.24, 2.45) is 0 Å². The van der Waals surface area contributed by atoms with Crippen molar-refractivity contribution in [1.82, 2.24) is 15.0 Å². The summed E-state index contributed by atoms with van der Waals surface area (Å²) in [6, 6.07) is 74.1. The van der Waals surface area contributed by atoms with E-state index in [2.05, 4.69) is 216 Å². The van der Waals surface area contributed by atoms with E-state index < -0.39 is 11.0 Å². The predicted molar refractivity (Wildman–Crippen MR) is 303 cm³/mol. The molecule has 2 heterocycles. The highest BCUT2D eigenvalue weighted by Crippen LogP contribution is 2.72.